The predicted octanol–water partition coefficient (Wildman–Crippen LogP) is 3.47. The molecule has 1 saturated heterocycles. The van der Waals surface area contributed by atoms with Crippen LogP contribution < -0.4 is 10.2 Å². The maximum atomic E-state index is 3.46. The van der Waals surface area contributed by atoms with Gasteiger partial charge in [0.2, 0.25) is 0 Å². The van der Waals surface area contributed by atoms with E-state index < -0.39 is 0 Å². The number of hydrogen-bond donors (Lipinski definition) is 1. The average Bonchev–Trinajstić information content (AvgIpc) is 2.64. The van der Waals surface area contributed by atoms with Crippen molar-refractivity contribution in [2.24, 2.45) is 0 Å². The van der Waals surface area contributed by atoms with Gasteiger partial charge < -0.3 is 10.2 Å². The molecule has 1 N–H and O–H groups in total. The summed E-state index contributed by atoms with van der Waals surface area (Å²) in [7, 11) is 4.17. The molecule has 0 bridgehead atoms. The predicted molar refractivity (Wildman–Crippen MR) is 105 cm³/mol. The summed E-state index contributed by atoms with van der Waals surface area (Å²) in [4.78, 5) is 6.06. The monoisotopic (exact) mass is 341 g/mol. The molecule has 24 heavy (non-hydrogen) atoms. The molecule has 4 heteroatoms. The van der Waals surface area contributed by atoms with Crippen molar-refractivity contribution in [3.63, 3.8) is 0 Å². The van der Waals surface area contributed by atoms with Gasteiger partial charge in [0.1, 0.15) is 0 Å². The van der Waals surface area contributed by atoms with Crippen LogP contribution in [0.4, 0.5) is 5.69 Å². The second-order valence-electron chi connectivity index (χ2n) is 6.45. The standard InChI is InChI=1S/C20H27N3S/c1-22(2)18-8-4-16(5-9-18)20(23-14-12-21-13-15-23)17-6-10-19(24-3)11-7-17/h4-11,20-21H,12-15H2,1-3H3. The van der Waals surface area contributed by atoms with E-state index in [0.29, 0.717) is 6.04 Å². The van der Waals surface area contributed by atoms with Crippen molar-refractivity contribution in [1.29, 1.82) is 0 Å². The van der Waals surface area contributed by atoms with E-state index in [4.69, 9.17) is 0 Å². The van der Waals surface area contributed by atoms with Crippen LogP contribution in [0.2, 0.25) is 0 Å². The van der Waals surface area contributed by atoms with Gasteiger partial charge in [0.15, 0.2) is 0 Å². The van der Waals surface area contributed by atoms with Gasteiger partial charge in [-0.1, -0.05) is 24.3 Å². The fourth-order valence-corrected chi connectivity index (χ4v) is 3.70. The molecular weight excluding hydrogens is 314 g/mol. The third-order valence-corrected chi connectivity index (χ3v) is 5.42. The molecular formula is C20H27N3S. The van der Waals surface area contributed by atoms with Gasteiger partial charge in [-0.2, -0.15) is 0 Å². The van der Waals surface area contributed by atoms with Crippen LogP contribution in [0.1, 0.15) is 17.2 Å². The van der Waals surface area contributed by atoms with E-state index >= 15 is 0 Å². The van der Waals surface area contributed by atoms with Gasteiger partial charge in [-0.05, 0) is 41.6 Å². The molecule has 1 heterocycles. The number of piperazine rings is 1. The van der Waals surface area contributed by atoms with E-state index in [2.05, 4.69) is 84.0 Å². The average molecular weight is 342 g/mol. The Morgan fingerprint density at radius 2 is 1.46 bits per heavy atom. The molecule has 0 radical (unpaired) electrons. The van der Waals surface area contributed by atoms with E-state index in [-0.39, 0.29) is 0 Å². The van der Waals surface area contributed by atoms with Crippen LogP contribution in [-0.2, 0) is 0 Å². The Morgan fingerprint density at radius 3 is 1.96 bits per heavy atom. The van der Waals surface area contributed by atoms with Crippen LogP contribution in [0.5, 0.6) is 0 Å². The first kappa shape index (κ1) is 17.3. The minimum atomic E-state index is 0.333. The zero-order chi connectivity index (χ0) is 16.9. The van der Waals surface area contributed by atoms with Crippen LogP contribution >= 0.6 is 11.8 Å². The first-order valence-corrected chi connectivity index (χ1v) is 9.77. The molecule has 0 aliphatic carbocycles. The van der Waals surface area contributed by atoms with E-state index in [9.17, 15) is 0 Å². The summed E-state index contributed by atoms with van der Waals surface area (Å²) >= 11 is 1.80. The van der Waals surface area contributed by atoms with E-state index in [1.165, 1.54) is 21.7 Å². The highest BCUT2D eigenvalue weighted by atomic mass is 32.2. The van der Waals surface area contributed by atoms with Crippen molar-refractivity contribution in [2.75, 3.05) is 51.4 Å². The second-order valence-corrected chi connectivity index (χ2v) is 7.33. The highest BCUT2D eigenvalue weighted by molar-refractivity contribution is 7.98. The lowest BCUT2D eigenvalue weighted by Gasteiger charge is -2.35. The van der Waals surface area contributed by atoms with Crippen molar-refractivity contribution in [3.8, 4) is 0 Å². The Balaban J connectivity index is 1.93. The number of benzene rings is 2. The van der Waals surface area contributed by atoms with Crippen LogP contribution in [0.15, 0.2) is 53.4 Å². The molecule has 0 aromatic heterocycles. The zero-order valence-electron chi connectivity index (χ0n) is 14.8. The minimum Gasteiger partial charge on any atom is -0.378 e. The van der Waals surface area contributed by atoms with Crippen LogP contribution in [0, 0.1) is 0 Å². The molecule has 1 fully saturated rings. The summed E-state index contributed by atoms with van der Waals surface area (Å²) in [6.45, 7) is 4.30. The summed E-state index contributed by atoms with van der Waals surface area (Å²) in [6.07, 6.45) is 2.13. The van der Waals surface area contributed by atoms with Crippen LogP contribution in [0.25, 0.3) is 0 Å². The number of nitrogens with zero attached hydrogens (tertiary/aromatic N) is 2. The number of nitrogens with one attached hydrogen (secondary N) is 1. The lowest BCUT2D eigenvalue weighted by atomic mass is 9.96. The van der Waals surface area contributed by atoms with Gasteiger partial charge in [0.25, 0.3) is 0 Å². The lowest BCUT2D eigenvalue weighted by molar-refractivity contribution is 0.198. The van der Waals surface area contributed by atoms with Crippen molar-refractivity contribution >= 4 is 17.4 Å². The zero-order valence-corrected chi connectivity index (χ0v) is 15.6. The molecule has 3 rings (SSSR count). The number of anilines is 1. The van der Waals surface area contributed by atoms with E-state index in [1.54, 1.807) is 11.8 Å². The van der Waals surface area contributed by atoms with Crippen LogP contribution in [-0.4, -0.2) is 51.4 Å². The SMILES string of the molecule is CSc1ccc(C(c2ccc(N(C)C)cc2)N2CCNCC2)cc1. The smallest absolute Gasteiger partial charge is 0.0602 e. The largest absolute Gasteiger partial charge is 0.378 e. The first-order chi connectivity index (χ1) is 11.7. The highest BCUT2D eigenvalue weighted by Gasteiger charge is 2.23. The topological polar surface area (TPSA) is 18.5 Å². The van der Waals surface area contributed by atoms with E-state index in [0.717, 1.165) is 26.2 Å². The number of thioether (sulfide) groups is 1. The first-order valence-electron chi connectivity index (χ1n) is 8.55. The Kier molecular flexibility index (Phi) is 5.82. The third-order valence-electron chi connectivity index (χ3n) is 4.67. The summed E-state index contributed by atoms with van der Waals surface area (Å²) in [5.74, 6) is 0. The Hall–Kier alpha value is -1.49. The minimum absolute atomic E-state index is 0.333. The van der Waals surface area contributed by atoms with Gasteiger partial charge in [0.05, 0.1) is 6.04 Å². The summed E-state index contributed by atoms with van der Waals surface area (Å²) in [6, 6.07) is 18.4. The quantitative estimate of drug-likeness (QED) is 0.839. The molecule has 2 aromatic rings. The van der Waals surface area contributed by atoms with Crippen LogP contribution in [0.3, 0.4) is 0 Å². The Labute approximate surface area is 150 Å². The molecule has 2 aromatic carbocycles. The molecule has 128 valence electrons. The van der Waals surface area contributed by atoms with Gasteiger partial charge in [-0.3, -0.25) is 4.90 Å². The molecule has 3 nitrogen and oxygen atoms in total. The fraction of sp³-hybridized carbons (Fsp3) is 0.400. The van der Waals surface area contributed by atoms with Gasteiger partial charge in [-0.15, -0.1) is 11.8 Å². The second kappa shape index (κ2) is 8.06. The van der Waals surface area contributed by atoms with Gasteiger partial charge >= 0.3 is 0 Å². The summed E-state index contributed by atoms with van der Waals surface area (Å²) in [5.41, 5.74) is 4.00. The third kappa shape index (κ3) is 3.94. The molecule has 1 aliphatic heterocycles. The molecule has 0 saturated carbocycles. The van der Waals surface area contributed by atoms with Gasteiger partial charge in [-0.25, -0.2) is 0 Å². The summed E-state index contributed by atoms with van der Waals surface area (Å²) in [5, 5.41) is 3.46. The molecule has 0 amide bonds. The van der Waals surface area contributed by atoms with Crippen molar-refractivity contribution < 1.29 is 0 Å². The van der Waals surface area contributed by atoms with Crippen molar-refractivity contribution in [1.82, 2.24) is 10.2 Å². The maximum absolute atomic E-state index is 3.46. The molecule has 1 unspecified atom stereocenters. The highest BCUT2D eigenvalue weighted by Crippen LogP contribution is 2.31. The Morgan fingerprint density at radius 1 is 0.917 bits per heavy atom. The van der Waals surface area contributed by atoms with E-state index in [1.807, 2.05) is 0 Å². The van der Waals surface area contributed by atoms with Gasteiger partial charge in [0, 0.05) is 50.9 Å². The summed E-state index contributed by atoms with van der Waals surface area (Å²) < 4.78 is 0. The number of rotatable bonds is 5. The molecule has 0 spiro atoms. The fourth-order valence-electron chi connectivity index (χ4n) is 3.30. The Bertz CT molecular complexity index is 631. The lowest BCUT2D eigenvalue weighted by Crippen LogP contribution is -2.45. The normalized spacial score (nSPS) is 16.8. The maximum Gasteiger partial charge on any atom is 0.0602 e. The van der Waals surface area contributed by atoms with Crippen molar-refractivity contribution in [3.05, 3.63) is 59.7 Å². The number of hydrogen-bond acceptors (Lipinski definition) is 4. The van der Waals surface area contributed by atoms with Crippen molar-refractivity contribution in [2.45, 2.75) is 10.9 Å². The molecule has 1 aliphatic rings. The molecule has 1 atom stereocenters.